The van der Waals surface area contributed by atoms with E-state index in [2.05, 4.69) is 4.84 Å². The van der Waals surface area contributed by atoms with E-state index in [0.717, 1.165) is 12.1 Å². The van der Waals surface area contributed by atoms with E-state index in [1.807, 2.05) is 0 Å². The molecule has 0 amide bonds. The van der Waals surface area contributed by atoms with Crippen molar-refractivity contribution < 1.29 is 18.4 Å². The topological polar surface area (TPSA) is 44.5 Å². The zero-order chi connectivity index (χ0) is 10.7. The second-order valence-electron chi connectivity index (χ2n) is 2.79. The highest BCUT2D eigenvalue weighted by atomic mass is 19.1. The molecule has 0 aliphatic carbocycles. The monoisotopic (exact) mass is 203 g/mol. The van der Waals surface area contributed by atoms with E-state index >= 15 is 0 Å². The molecule has 1 atom stereocenters. The molecule has 0 saturated carbocycles. The first kappa shape index (κ1) is 10.9. The first-order chi connectivity index (χ1) is 6.60. The average molecular weight is 203 g/mol. The minimum Gasteiger partial charge on any atom is -0.493 e. The maximum atomic E-state index is 13.1. The van der Waals surface area contributed by atoms with Gasteiger partial charge in [-0.1, -0.05) is 0 Å². The molecule has 0 fully saturated rings. The van der Waals surface area contributed by atoms with Crippen molar-refractivity contribution in [3.8, 4) is 5.75 Å². The fourth-order valence-electron chi connectivity index (χ4n) is 1.17. The molecule has 0 aliphatic rings. The molecule has 0 aromatic heterocycles. The normalized spacial score (nSPS) is 12.6. The van der Waals surface area contributed by atoms with Crippen LogP contribution in [0.1, 0.15) is 18.6 Å². The molecule has 14 heavy (non-hydrogen) atoms. The van der Waals surface area contributed by atoms with Crippen LogP contribution in [0.5, 0.6) is 5.75 Å². The average Bonchev–Trinajstić information content (AvgIpc) is 2.15. The Bertz CT molecular complexity index is 331. The minimum atomic E-state index is -0.772. The standard InChI is InChI=1S/C9H11F2NO2/c1-5(14-12)7-3-6(10)4-8(11)9(7)13-2/h3-5H,12H2,1-2H3. The van der Waals surface area contributed by atoms with Gasteiger partial charge in [0.05, 0.1) is 7.11 Å². The summed E-state index contributed by atoms with van der Waals surface area (Å²) in [7, 11) is 1.29. The lowest BCUT2D eigenvalue weighted by Crippen LogP contribution is -2.08. The summed E-state index contributed by atoms with van der Waals surface area (Å²) < 4.78 is 30.8. The van der Waals surface area contributed by atoms with Crippen molar-refractivity contribution in [1.82, 2.24) is 0 Å². The van der Waals surface area contributed by atoms with Crippen LogP contribution in [-0.2, 0) is 4.84 Å². The summed E-state index contributed by atoms with van der Waals surface area (Å²) in [6.07, 6.45) is -0.629. The number of rotatable bonds is 3. The van der Waals surface area contributed by atoms with Crippen LogP contribution in [0.3, 0.4) is 0 Å². The molecular formula is C9H11F2NO2. The molecule has 78 valence electrons. The molecule has 0 aliphatic heterocycles. The number of halogens is 2. The number of methoxy groups -OCH3 is 1. The molecule has 1 aromatic carbocycles. The van der Waals surface area contributed by atoms with Gasteiger partial charge in [-0.05, 0) is 13.0 Å². The number of benzene rings is 1. The van der Waals surface area contributed by atoms with Crippen LogP contribution in [0.2, 0.25) is 0 Å². The third-order valence-electron chi connectivity index (χ3n) is 1.88. The summed E-state index contributed by atoms with van der Waals surface area (Å²) >= 11 is 0. The highest BCUT2D eigenvalue weighted by molar-refractivity contribution is 5.37. The van der Waals surface area contributed by atoms with E-state index in [4.69, 9.17) is 10.6 Å². The molecule has 0 spiro atoms. The summed E-state index contributed by atoms with van der Waals surface area (Å²) in [6, 6.07) is 1.87. The lowest BCUT2D eigenvalue weighted by atomic mass is 10.1. The quantitative estimate of drug-likeness (QED) is 0.763. The van der Waals surface area contributed by atoms with Gasteiger partial charge in [0.25, 0.3) is 0 Å². The SMILES string of the molecule is COc1c(F)cc(F)cc1C(C)ON. The first-order valence-corrected chi connectivity index (χ1v) is 3.98. The van der Waals surface area contributed by atoms with Crippen molar-refractivity contribution >= 4 is 0 Å². The fourth-order valence-corrected chi connectivity index (χ4v) is 1.17. The molecule has 2 N–H and O–H groups in total. The molecule has 5 heteroatoms. The molecule has 0 radical (unpaired) electrons. The maximum Gasteiger partial charge on any atom is 0.168 e. The Kier molecular flexibility index (Phi) is 3.38. The van der Waals surface area contributed by atoms with Crippen molar-refractivity contribution in [1.29, 1.82) is 0 Å². The van der Waals surface area contributed by atoms with Crippen molar-refractivity contribution in [2.24, 2.45) is 5.90 Å². The molecule has 0 saturated heterocycles. The third kappa shape index (κ3) is 2.00. The highest BCUT2D eigenvalue weighted by Gasteiger charge is 2.17. The number of ether oxygens (including phenoxy) is 1. The van der Waals surface area contributed by atoms with Crippen molar-refractivity contribution in [3.05, 3.63) is 29.3 Å². The Morgan fingerprint density at radius 1 is 1.36 bits per heavy atom. The molecule has 1 rings (SSSR count). The van der Waals surface area contributed by atoms with Crippen LogP contribution in [0.15, 0.2) is 12.1 Å². The van der Waals surface area contributed by atoms with Crippen molar-refractivity contribution in [2.75, 3.05) is 7.11 Å². The second-order valence-corrected chi connectivity index (χ2v) is 2.79. The lowest BCUT2D eigenvalue weighted by Gasteiger charge is -2.14. The lowest BCUT2D eigenvalue weighted by molar-refractivity contribution is 0.0639. The Morgan fingerprint density at radius 3 is 2.50 bits per heavy atom. The van der Waals surface area contributed by atoms with Crippen LogP contribution in [0.25, 0.3) is 0 Å². The van der Waals surface area contributed by atoms with Gasteiger partial charge < -0.3 is 4.74 Å². The van der Waals surface area contributed by atoms with Gasteiger partial charge in [0.15, 0.2) is 11.6 Å². The molecule has 0 heterocycles. The van der Waals surface area contributed by atoms with Crippen LogP contribution in [-0.4, -0.2) is 7.11 Å². The third-order valence-corrected chi connectivity index (χ3v) is 1.88. The summed E-state index contributed by atoms with van der Waals surface area (Å²) in [5, 5.41) is 0. The van der Waals surface area contributed by atoms with E-state index in [1.165, 1.54) is 7.11 Å². The van der Waals surface area contributed by atoms with Crippen LogP contribution in [0, 0.1) is 11.6 Å². The number of hydrogen-bond acceptors (Lipinski definition) is 3. The van der Waals surface area contributed by atoms with Gasteiger partial charge in [-0.25, -0.2) is 14.7 Å². The Hall–Kier alpha value is -1.20. The van der Waals surface area contributed by atoms with E-state index in [9.17, 15) is 8.78 Å². The summed E-state index contributed by atoms with van der Waals surface area (Å²) in [6.45, 7) is 1.57. The highest BCUT2D eigenvalue weighted by Crippen LogP contribution is 2.30. The molecule has 0 bridgehead atoms. The van der Waals surface area contributed by atoms with Gasteiger partial charge in [-0.3, -0.25) is 4.84 Å². The van der Waals surface area contributed by atoms with Gasteiger partial charge in [0.1, 0.15) is 11.9 Å². The Morgan fingerprint density at radius 2 is 2.00 bits per heavy atom. The second kappa shape index (κ2) is 4.34. The zero-order valence-electron chi connectivity index (χ0n) is 7.88. The predicted molar refractivity (Wildman–Crippen MR) is 46.6 cm³/mol. The first-order valence-electron chi connectivity index (χ1n) is 3.98. The smallest absolute Gasteiger partial charge is 0.168 e. The number of nitrogens with two attached hydrogens (primary N) is 1. The zero-order valence-corrected chi connectivity index (χ0v) is 7.88. The van der Waals surface area contributed by atoms with Crippen LogP contribution in [0.4, 0.5) is 8.78 Å². The van der Waals surface area contributed by atoms with Gasteiger partial charge in [0.2, 0.25) is 0 Å². The van der Waals surface area contributed by atoms with E-state index in [1.54, 1.807) is 6.92 Å². The predicted octanol–water partition coefficient (Wildman–Crippen LogP) is 1.92. The van der Waals surface area contributed by atoms with Gasteiger partial charge in [-0.15, -0.1) is 0 Å². The summed E-state index contributed by atoms with van der Waals surface area (Å²) in [5.41, 5.74) is 0.243. The van der Waals surface area contributed by atoms with E-state index in [-0.39, 0.29) is 11.3 Å². The molecular weight excluding hydrogens is 192 g/mol. The Balaban J connectivity index is 3.24. The maximum absolute atomic E-state index is 13.1. The minimum absolute atomic E-state index is 0.0515. The fraction of sp³-hybridized carbons (Fsp3) is 0.333. The van der Waals surface area contributed by atoms with E-state index in [0.29, 0.717) is 0 Å². The van der Waals surface area contributed by atoms with E-state index < -0.39 is 17.7 Å². The van der Waals surface area contributed by atoms with Crippen LogP contribution < -0.4 is 10.6 Å². The van der Waals surface area contributed by atoms with Crippen molar-refractivity contribution in [2.45, 2.75) is 13.0 Å². The number of hydrogen-bond donors (Lipinski definition) is 1. The summed E-state index contributed by atoms with van der Waals surface area (Å²) in [5.74, 6) is 3.41. The molecule has 1 unspecified atom stereocenters. The van der Waals surface area contributed by atoms with Gasteiger partial charge in [-0.2, -0.15) is 0 Å². The summed E-state index contributed by atoms with van der Waals surface area (Å²) in [4.78, 5) is 4.48. The van der Waals surface area contributed by atoms with Crippen LogP contribution >= 0.6 is 0 Å². The van der Waals surface area contributed by atoms with Gasteiger partial charge in [0, 0.05) is 11.6 Å². The molecule has 3 nitrogen and oxygen atoms in total. The van der Waals surface area contributed by atoms with Crippen molar-refractivity contribution in [3.63, 3.8) is 0 Å². The Labute approximate surface area is 80.4 Å². The largest absolute Gasteiger partial charge is 0.493 e. The van der Waals surface area contributed by atoms with Gasteiger partial charge >= 0.3 is 0 Å². The molecule has 1 aromatic rings.